The van der Waals surface area contributed by atoms with Gasteiger partial charge >= 0.3 is 0 Å². The van der Waals surface area contributed by atoms with E-state index in [-0.39, 0.29) is 5.78 Å². The normalized spacial score (nSPS) is 12.8. The molecule has 0 N–H and O–H groups in total. The van der Waals surface area contributed by atoms with Crippen molar-refractivity contribution in [3.8, 4) is 11.1 Å². The molecule has 33 heavy (non-hydrogen) atoms. The number of aromatic nitrogens is 2. The van der Waals surface area contributed by atoms with Crippen LogP contribution in [0.25, 0.3) is 32.7 Å². The third-order valence-corrected chi connectivity index (χ3v) is 5.98. The van der Waals surface area contributed by atoms with E-state index in [9.17, 15) is 13.6 Å². The van der Waals surface area contributed by atoms with Crippen molar-refractivity contribution in [2.24, 2.45) is 0 Å². The van der Waals surface area contributed by atoms with Gasteiger partial charge in [0.05, 0.1) is 0 Å². The monoisotopic (exact) mass is 438 g/mol. The first-order chi connectivity index (χ1) is 16.1. The first kappa shape index (κ1) is 20.9. The SMILES string of the molecule is O=C1CCCc2c1ccc1c2cc(-c2ccc(F)cc2F)c2ccccc21.c1cnccn1. The highest BCUT2D eigenvalue weighted by atomic mass is 19.1. The van der Waals surface area contributed by atoms with Crippen LogP contribution in [0.1, 0.15) is 28.8 Å². The molecule has 0 bridgehead atoms. The van der Waals surface area contributed by atoms with Crippen LogP contribution in [0.4, 0.5) is 8.78 Å². The Kier molecular flexibility index (Phi) is 5.61. The fourth-order valence-corrected chi connectivity index (χ4v) is 4.51. The van der Waals surface area contributed by atoms with E-state index in [0.29, 0.717) is 12.0 Å². The zero-order valence-electron chi connectivity index (χ0n) is 17.8. The minimum atomic E-state index is -0.593. The Morgan fingerprint density at radius 1 is 0.636 bits per heavy atom. The molecule has 0 radical (unpaired) electrons. The first-order valence-electron chi connectivity index (χ1n) is 10.8. The van der Waals surface area contributed by atoms with Crippen molar-refractivity contribution in [2.75, 3.05) is 0 Å². The molecule has 1 aromatic heterocycles. The van der Waals surface area contributed by atoms with Crippen LogP contribution in [0.15, 0.2) is 85.5 Å². The summed E-state index contributed by atoms with van der Waals surface area (Å²) >= 11 is 0. The van der Waals surface area contributed by atoms with Gasteiger partial charge in [-0.2, -0.15) is 0 Å². The van der Waals surface area contributed by atoms with Crippen LogP contribution in [0.3, 0.4) is 0 Å². The Morgan fingerprint density at radius 3 is 2.00 bits per heavy atom. The van der Waals surface area contributed by atoms with Gasteiger partial charge in [0.15, 0.2) is 5.78 Å². The van der Waals surface area contributed by atoms with Gasteiger partial charge in [-0.05, 0) is 63.7 Å². The second-order valence-electron chi connectivity index (χ2n) is 7.95. The largest absolute Gasteiger partial charge is 0.294 e. The molecule has 1 heterocycles. The van der Waals surface area contributed by atoms with Crippen molar-refractivity contribution >= 4 is 27.3 Å². The van der Waals surface area contributed by atoms with Gasteiger partial charge in [-0.15, -0.1) is 0 Å². The number of fused-ring (bicyclic) bond motifs is 5. The van der Waals surface area contributed by atoms with Gasteiger partial charge in [-0.3, -0.25) is 14.8 Å². The zero-order valence-corrected chi connectivity index (χ0v) is 17.8. The van der Waals surface area contributed by atoms with Gasteiger partial charge in [-0.1, -0.05) is 36.4 Å². The molecule has 1 aliphatic rings. The predicted molar refractivity (Wildman–Crippen MR) is 126 cm³/mol. The number of hydrogen-bond acceptors (Lipinski definition) is 3. The average Bonchev–Trinajstić information content (AvgIpc) is 2.85. The number of Topliss-reactive ketones (excluding diaryl/α,β-unsaturated/α-hetero) is 1. The maximum absolute atomic E-state index is 14.6. The van der Waals surface area contributed by atoms with Gasteiger partial charge in [0.25, 0.3) is 0 Å². The molecule has 0 saturated heterocycles. The number of rotatable bonds is 1. The molecule has 0 fully saturated rings. The number of carbonyl (C=O) groups is 1. The van der Waals surface area contributed by atoms with E-state index in [1.54, 1.807) is 24.8 Å². The van der Waals surface area contributed by atoms with E-state index in [0.717, 1.165) is 57.1 Å². The molecule has 0 saturated carbocycles. The summed E-state index contributed by atoms with van der Waals surface area (Å²) in [7, 11) is 0. The molecule has 3 nitrogen and oxygen atoms in total. The molecule has 0 amide bonds. The van der Waals surface area contributed by atoms with Crippen LogP contribution in [0, 0.1) is 11.6 Å². The van der Waals surface area contributed by atoms with Gasteiger partial charge in [0, 0.05) is 48.4 Å². The molecule has 162 valence electrons. The van der Waals surface area contributed by atoms with Crippen molar-refractivity contribution in [3.63, 3.8) is 0 Å². The minimum absolute atomic E-state index is 0.167. The molecular formula is C28H20F2N2O. The van der Waals surface area contributed by atoms with E-state index in [1.165, 1.54) is 12.1 Å². The highest BCUT2D eigenvalue weighted by Crippen LogP contribution is 2.39. The smallest absolute Gasteiger partial charge is 0.163 e. The van der Waals surface area contributed by atoms with Crippen molar-refractivity contribution in [1.29, 1.82) is 0 Å². The second-order valence-corrected chi connectivity index (χ2v) is 7.95. The van der Waals surface area contributed by atoms with Crippen LogP contribution in [-0.4, -0.2) is 15.8 Å². The summed E-state index contributed by atoms with van der Waals surface area (Å²) in [6, 6.07) is 17.4. The zero-order chi connectivity index (χ0) is 22.8. The molecule has 1 aliphatic carbocycles. The molecule has 5 heteroatoms. The number of benzene rings is 4. The summed E-state index contributed by atoms with van der Waals surface area (Å²) in [4.78, 5) is 19.8. The number of carbonyl (C=O) groups excluding carboxylic acids is 1. The molecule has 0 unspecified atom stereocenters. The van der Waals surface area contributed by atoms with Gasteiger partial charge in [0.2, 0.25) is 0 Å². The summed E-state index contributed by atoms with van der Waals surface area (Å²) in [5, 5.41) is 3.97. The molecule has 5 aromatic rings. The van der Waals surface area contributed by atoms with Crippen LogP contribution in [-0.2, 0) is 6.42 Å². The van der Waals surface area contributed by atoms with Crippen molar-refractivity contribution in [3.05, 3.63) is 108 Å². The fourth-order valence-electron chi connectivity index (χ4n) is 4.51. The molecule has 0 aliphatic heterocycles. The maximum Gasteiger partial charge on any atom is 0.163 e. The van der Waals surface area contributed by atoms with E-state index in [4.69, 9.17) is 0 Å². The third kappa shape index (κ3) is 3.98. The number of halogens is 2. The van der Waals surface area contributed by atoms with Crippen LogP contribution in [0.5, 0.6) is 0 Å². The predicted octanol–water partition coefficient (Wildman–Crippen LogP) is 6.93. The lowest BCUT2D eigenvalue weighted by Crippen LogP contribution is -2.11. The number of aryl methyl sites for hydroxylation is 1. The lowest BCUT2D eigenvalue weighted by molar-refractivity contribution is 0.0973. The highest BCUT2D eigenvalue weighted by Gasteiger charge is 2.21. The van der Waals surface area contributed by atoms with E-state index >= 15 is 0 Å². The van der Waals surface area contributed by atoms with Crippen LogP contribution >= 0.6 is 0 Å². The van der Waals surface area contributed by atoms with E-state index in [2.05, 4.69) is 9.97 Å². The lowest BCUT2D eigenvalue weighted by atomic mass is 9.84. The summed E-state index contributed by atoms with van der Waals surface area (Å²) in [5.41, 5.74) is 2.91. The Labute approximate surface area is 189 Å². The highest BCUT2D eigenvalue weighted by molar-refractivity contribution is 6.16. The maximum atomic E-state index is 14.6. The Bertz CT molecular complexity index is 1460. The number of nitrogens with zero attached hydrogens (tertiary/aromatic N) is 2. The quantitative estimate of drug-likeness (QED) is 0.266. The first-order valence-corrected chi connectivity index (χ1v) is 10.8. The number of ketones is 1. The Hall–Kier alpha value is -3.99. The van der Waals surface area contributed by atoms with Gasteiger partial charge in [-0.25, -0.2) is 8.78 Å². The Morgan fingerprint density at radius 2 is 1.30 bits per heavy atom. The topological polar surface area (TPSA) is 42.9 Å². The van der Waals surface area contributed by atoms with E-state index in [1.807, 2.05) is 42.5 Å². The van der Waals surface area contributed by atoms with Crippen LogP contribution in [0.2, 0.25) is 0 Å². The summed E-state index contributed by atoms with van der Waals surface area (Å²) in [5.74, 6) is -1.01. The Balaban J connectivity index is 0.000000332. The average molecular weight is 438 g/mol. The van der Waals surface area contributed by atoms with Crippen molar-refractivity contribution < 1.29 is 13.6 Å². The molecule has 4 aromatic carbocycles. The summed E-state index contributed by atoms with van der Waals surface area (Å²) < 4.78 is 28.0. The summed E-state index contributed by atoms with van der Waals surface area (Å²) in [6.45, 7) is 0. The minimum Gasteiger partial charge on any atom is -0.294 e. The fraction of sp³-hybridized carbons (Fsp3) is 0.107. The van der Waals surface area contributed by atoms with Gasteiger partial charge < -0.3 is 0 Å². The second kappa shape index (κ2) is 8.87. The van der Waals surface area contributed by atoms with E-state index < -0.39 is 11.6 Å². The van der Waals surface area contributed by atoms with Crippen molar-refractivity contribution in [1.82, 2.24) is 9.97 Å². The third-order valence-electron chi connectivity index (χ3n) is 5.98. The lowest BCUT2D eigenvalue weighted by Gasteiger charge is -2.19. The molecular weight excluding hydrogens is 418 g/mol. The number of hydrogen-bond donors (Lipinski definition) is 0. The van der Waals surface area contributed by atoms with Crippen molar-refractivity contribution in [2.45, 2.75) is 19.3 Å². The molecule has 0 spiro atoms. The molecule has 6 rings (SSSR count). The molecule has 0 atom stereocenters. The van der Waals surface area contributed by atoms with Crippen LogP contribution < -0.4 is 0 Å². The van der Waals surface area contributed by atoms with Gasteiger partial charge in [0.1, 0.15) is 11.6 Å². The standard InChI is InChI=1S/C24H16F2O.C4H4N2/c25-14-8-9-19(23(26)12-14)22-13-21-17-6-3-7-24(27)20(17)11-10-18(21)15-4-1-2-5-16(15)22;1-2-6-4-3-5-1/h1-2,4-5,8-13H,3,6-7H2;1-4H. The summed E-state index contributed by atoms with van der Waals surface area (Å²) in [6.07, 6.45) is 8.80.